The van der Waals surface area contributed by atoms with E-state index in [0.717, 1.165) is 25.7 Å². The van der Waals surface area contributed by atoms with E-state index in [1.807, 2.05) is 39.3 Å². The molecule has 0 saturated heterocycles. The van der Waals surface area contributed by atoms with E-state index in [1.165, 1.54) is 0 Å². The van der Waals surface area contributed by atoms with Crippen molar-refractivity contribution in [2.24, 2.45) is 5.41 Å². The van der Waals surface area contributed by atoms with E-state index in [-0.39, 0.29) is 0 Å². The number of hydrogen-bond acceptors (Lipinski definition) is 4. The molecule has 0 amide bonds. The Bertz CT molecular complexity index is 353. The van der Waals surface area contributed by atoms with Crippen molar-refractivity contribution in [2.75, 3.05) is 0 Å². The first-order chi connectivity index (χ1) is 9.82. The van der Waals surface area contributed by atoms with Gasteiger partial charge in [-0.25, -0.2) is 0 Å². The fourth-order valence-electron chi connectivity index (χ4n) is 1.97. The van der Waals surface area contributed by atoms with Crippen LogP contribution in [0.1, 0.15) is 46.0 Å². The lowest BCUT2D eigenvalue weighted by atomic mass is 9.85. The molecule has 22 heavy (non-hydrogen) atoms. The van der Waals surface area contributed by atoms with E-state index in [2.05, 4.69) is 6.92 Å². The number of carbonyl (C=O) groups excluding carboxylic acids is 2. The molecule has 6 heteroatoms. The summed E-state index contributed by atoms with van der Waals surface area (Å²) >= 11 is 0. The predicted octanol–water partition coefficient (Wildman–Crippen LogP) is 4.72. The average molecular weight is 347 g/mol. The van der Waals surface area contributed by atoms with Gasteiger partial charge < -0.3 is 8.85 Å². The Kier molecular flexibility index (Phi) is 8.05. The molecule has 0 atom stereocenters. The number of carbonyl (C=O) groups is 2. The molecule has 0 unspecified atom stereocenters. The van der Waals surface area contributed by atoms with E-state index in [9.17, 15) is 9.59 Å². The minimum absolute atomic E-state index is 0.411. The molecule has 0 aliphatic rings. The molecule has 0 fully saturated rings. The van der Waals surface area contributed by atoms with Crippen LogP contribution in [0.15, 0.2) is 0 Å². The van der Waals surface area contributed by atoms with Crippen LogP contribution in [-0.4, -0.2) is 28.6 Å². The third kappa shape index (κ3) is 8.12. The summed E-state index contributed by atoms with van der Waals surface area (Å²) in [6, 6.07) is 0. The maximum atomic E-state index is 12.6. The highest BCUT2D eigenvalue weighted by Crippen LogP contribution is 2.31. The predicted molar refractivity (Wildman–Crippen MR) is 95.7 cm³/mol. The summed E-state index contributed by atoms with van der Waals surface area (Å²) in [7, 11) is -4.07. The van der Waals surface area contributed by atoms with E-state index in [0.29, 0.717) is 6.42 Å². The van der Waals surface area contributed by atoms with E-state index >= 15 is 0 Å². The van der Waals surface area contributed by atoms with Crippen LogP contribution in [0.3, 0.4) is 0 Å². The quantitative estimate of drug-likeness (QED) is 0.344. The molecule has 130 valence electrons. The summed E-state index contributed by atoms with van der Waals surface area (Å²) in [4.78, 5) is 25.2. The highest BCUT2D eigenvalue weighted by Gasteiger charge is 2.46. The van der Waals surface area contributed by atoms with Gasteiger partial charge in [0, 0.05) is 0 Å². The van der Waals surface area contributed by atoms with Gasteiger partial charge in [-0.3, -0.25) is 9.59 Å². The highest BCUT2D eigenvalue weighted by molar-refractivity contribution is 6.72. The zero-order valence-corrected chi connectivity index (χ0v) is 17.7. The second kappa shape index (κ2) is 8.29. The normalized spacial score (nSPS) is 12.9. The van der Waals surface area contributed by atoms with Gasteiger partial charge in [0.25, 0.3) is 0 Å². The fraction of sp³-hybridized carbons (Fsp3) is 0.875. The van der Waals surface area contributed by atoms with Crippen molar-refractivity contribution in [3.8, 4) is 0 Å². The summed E-state index contributed by atoms with van der Waals surface area (Å²) in [5.74, 6) is -0.821. The van der Waals surface area contributed by atoms with Gasteiger partial charge in [-0.2, -0.15) is 0 Å². The van der Waals surface area contributed by atoms with E-state index in [4.69, 9.17) is 8.85 Å². The van der Waals surface area contributed by atoms with Crippen LogP contribution in [0.5, 0.6) is 0 Å². The first-order valence-electron chi connectivity index (χ1n) is 8.29. The summed E-state index contributed by atoms with van der Waals surface area (Å²) in [6.45, 7) is 15.5. The fourth-order valence-corrected chi connectivity index (χ4v) is 3.54. The molecule has 0 N–H and O–H groups in total. The van der Waals surface area contributed by atoms with E-state index in [1.54, 1.807) is 6.92 Å². The Hall–Kier alpha value is -0.626. The Labute approximate surface area is 138 Å². The first kappa shape index (κ1) is 21.4. The zero-order valence-electron chi connectivity index (χ0n) is 15.7. The molecule has 0 aromatic heterocycles. The summed E-state index contributed by atoms with van der Waals surface area (Å²) < 4.78 is 11.2. The maximum Gasteiger partial charge on any atom is 0.309 e. The van der Waals surface area contributed by atoms with Gasteiger partial charge in [-0.1, -0.05) is 32.6 Å². The molecule has 0 bridgehead atoms. The van der Waals surface area contributed by atoms with Crippen molar-refractivity contribution < 1.29 is 18.4 Å². The number of unbranched alkanes of at least 4 members (excludes halogenated alkanes) is 3. The standard InChI is InChI=1S/C16H34O4Si2/c1-9-10-11-12-13-16(2,14(17)19-21(3,4)5)15(18)20-22(6,7)8/h9-13H2,1-8H3. The van der Waals surface area contributed by atoms with Crippen molar-refractivity contribution in [2.45, 2.75) is 85.2 Å². The largest absolute Gasteiger partial charge is 0.519 e. The highest BCUT2D eigenvalue weighted by atomic mass is 28.4. The molecule has 0 rings (SSSR count). The third-order valence-electron chi connectivity index (χ3n) is 3.23. The molecule has 0 heterocycles. The second-order valence-electron chi connectivity index (χ2n) is 8.15. The molecule has 0 saturated carbocycles. The van der Waals surface area contributed by atoms with Crippen LogP contribution in [0, 0.1) is 5.41 Å². The molecule has 0 aromatic carbocycles. The van der Waals surface area contributed by atoms with Crippen LogP contribution < -0.4 is 0 Å². The van der Waals surface area contributed by atoms with Crippen molar-refractivity contribution in [1.82, 2.24) is 0 Å². The van der Waals surface area contributed by atoms with Gasteiger partial charge in [0.2, 0.25) is 16.6 Å². The number of rotatable bonds is 9. The van der Waals surface area contributed by atoms with Gasteiger partial charge in [0.05, 0.1) is 0 Å². The molecule has 0 aliphatic carbocycles. The van der Waals surface area contributed by atoms with Gasteiger partial charge in [0.15, 0.2) is 5.41 Å². The van der Waals surface area contributed by atoms with Gasteiger partial charge >= 0.3 is 11.9 Å². The summed E-state index contributed by atoms with van der Waals surface area (Å²) in [6.07, 6.45) is 4.59. The van der Waals surface area contributed by atoms with Crippen LogP contribution in [0.4, 0.5) is 0 Å². The maximum absolute atomic E-state index is 12.6. The van der Waals surface area contributed by atoms with Crippen molar-refractivity contribution in [3.05, 3.63) is 0 Å². The van der Waals surface area contributed by atoms with Gasteiger partial charge in [-0.05, 0) is 52.6 Å². The average Bonchev–Trinajstić information content (AvgIpc) is 2.29. The summed E-state index contributed by atoms with van der Waals surface area (Å²) in [5, 5.41) is 0. The lowest BCUT2D eigenvalue weighted by Gasteiger charge is -2.32. The lowest BCUT2D eigenvalue weighted by molar-refractivity contribution is -0.161. The minimum atomic E-state index is -2.03. The topological polar surface area (TPSA) is 52.6 Å². The third-order valence-corrected chi connectivity index (χ3v) is 4.82. The van der Waals surface area contributed by atoms with Gasteiger partial charge in [-0.15, -0.1) is 0 Å². The molecule has 0 spiro atoms. The van der Waals surface area contributed by atoms with E-state index < -0.39 is 34.0 Å². The van der Waals surface area contributed by atoms with Gasteiger partial charge in [0.1, 0.15) is 0 Å². The molecular weight excluding hydrogens is 312 g/mol. The molecule has 0 aliphatic heterocycles. The van der Waals surface area contributed by atoms with Crippen molar-refractivity contribution in [3.63, 3.8) is 0 Å². The molecule has 4 nitrogen and oxygen atoms in total. The second-order valence-corrected chi connectivity index (χ2v) is 17.0. The minimum Gasteiger partial charge on any atom is -0.519 e. The van der Waals surface area contributed by atoms with Crippen LogP contribution in [-0.2, 0) is 18.4 Å². The molecular formula is C16H34O4Si2. The zero-order chi connectivity index (χ0) is 17.6. The smallest absolute Gasteiger partial charge is 0.309 e. The van der Waals surface area contributed by atoms with Crippen LogP contribution in [0.2, 0.25) is 39.3 Å². The summed E-state index contributed by atoms with van der Waals surface area (Å²) in [5.41, 5.74) is -1.17. The monoisotopic (exact) mass is 346 g/mol. The number of hydrogen-bond donors (Lipinski definition) is 0. The SMILES string of the molecule is CCCCCCC(C)(C(=O)O[Si](C)(C)C)C(=O)O[Si](C)(C)C. The Balaban J connectivity index is 5.11. The Morgan fingerprint density at radius 3 is 1.55 bits per heavy atom. The van der Waals surface area contributed by atoms with Crippen LogP contribution in [0.25, 0.3) is 0 Å². The van der Waals surface area contributed by atoms with Crippen LogP contribution >= 0.6 is 0 Å². The van der Waals surface area contributed by atoms with Crippen molar-refractivity contribution >= 4 is 28.6 Å². The Morgan fingerprint density at radius 2 is 1.23 bits per heavy atom. The first-order valence-corrected chi connectivity index (χ1v) is 15.1. The molecule has 0 radical (unpaired) electrons. The lowest BCUT2D eigenvalue weighted by Crippen LogP contribution is -2.46. The molecule has 0 aromatic rings. The Morgan fingerprint density at radius 1 is 0.818 bits per heavy atom. The van der Waals surface area contributed by atoms with Crippen molar-refractivity contribution in [1.29, 1.82) is 0 Å².